The summed E-state index contributed by atoms with van der Waals surface area (Å²) >= 11 is 0. The van der Waals surface area contributed by atoms with Gasteiger partial charge in [-0.1, -0.05) is 20.3 Å². The molecule has 2 unspecified atom stereocenters. The number of hydrogen-bond acceptors (Lipinski definition) is 2. The van der Waals surface area contributed by atoms with E-state index in [0.717, 1.165) is 12.5 Å². The standard InChI is InChI=1S/C14H20F2N2O.ClH/c1-3-9(2)13(17)14(19)18-5-4-10-6-11(15)8-12(16)7-10;/h6-9,13H,3-5,17H2,1-2H3,(H,18,19);1H. The normalized spacial score (nSPS) is 13.2. The summed E-state index contributed by atoms with van der Waals surface area (Å²) < 4.78 is 25.9. The SMILES string of the molecule is CCC(C)C(N)C(=O)NCCc1cc(F)cc(F)c1.Cl. The predicted octanol–water partition coefficient (Wildman–Crippen LogP) is 2.42. The lowest BCUT2D eigenvalue weighted by molar-refractivity contribution is -0.123. The van der Waals surface area contributed by atoms with E-state index in [0.29, 0.717) is 18.5 Å². The summed E-state index contributed by atoms with van der Waals surface area (Å²) in [6.07, 6.45) is 1.19. The van der Waals surface area contributed by atoms with Crippen molar-refractivity contribution in [2.75, 3.05) is 6.54 Å². The number of rotatable bonds is 6. The molecule has 0 aliphatic rings. The lowest BCUT2D eigenvalue weighted by atomic mass is 9.99. The van der Waals surface area contributed by atoms with Crippen LogP contribution >= 0.6 is 12.4 Å². The third-order valence-electron chi connectivity index (χ3n) is 3.19. The molecule has 0 saturated heterocycles. The molecule has 0 aliphatic heterocycles. The highest BCUT2D eigenvalue weighted by Gasteiger charge is 2.18. The Morgan fingerprint density at radius 2 is 1.85 bits per heavy atom. The summed E-state index contributed by atoms with van der Waals surface area (Å²) in [5.74, 6) is -1.35. The van der Waals surface area contributed by atoms with Gasteiger partial charge in [0.05, 0.1) is 6.04 Å². The van der Waals surface area contributed by atoms with E-state index in [1.807, 2.05) is 13.8 Å². The third kappa shape index (κ3) is 5.84. The van der Waals surface area contributed by atoms with Crippen molar-refractivity contribution >= 4 is 18.3 Å². The minimum Gasteiger partial charge on any atom is -0.354 e. The largest absolute Gasteiger partial charge is 0.354 e. The molecule has 3 nitrogen and oxygen atoms in total. The van der Waals surface area contributed by atoms with E-state index in [4.69, 9.17) is 5.73 Å². The fourth-order valence-corrected chi connectivity index (χ4v) is 1.72. The molecule has 1 rings (SSSR count). The Hall–Kier alpha value is -1.20. The number of amides is 1. The van der Waals surface area contributed by atoms with Gasteiger partial charge in [-0.05, 0) is 30.0 Å². The molecule has 0 saturated carbocycles. The van der Waals surface area contributed by atoms with Gasteiger partial charge in [0.1, 0.15) is 11.6 Å². The zero-order valence-electron chi connectivity index (χ0n) is 11.7. The zero-order valence-corrected chi connectivity index (χ0v) is 12.5. The Labute approximate surface area is 124 Å². The minimum absolute atomic E-state index is 0. The lowest BCUT2D eigenvalue weighted by Gasteiger charge is -2.17. The van der Waals surface area contributed by atoms with Crippen LogP contribution < -0.4 is 11.1 Å². The Morgan fingerprint density at radius 1 is 1.30 bits per heavy atom. The van der Waals surface area contributed by atoms with Crippen LogP contribution in [0.2, 0.25) is 0 Å². The van der Waals surface area contributed by atoms with Crippen LogP contribution in [0.5, 0.6) is 0 Å². The zero-order chi connectivity index (χ0) is 14.4. The molecular formula is C14H21ClF2N2O. The van der Waals surface area contributed by atoms with E-state index >= 15 is 0 Å². The fourth-order valence-electron chi connectivity index (χ4n) is 1.72. The molecule has 0 heterocycles. The van der Waals surface area contributed by atoms with Gasteiger partial charge in [-0.2, -0.15) is 0 Å². The van der Waals surface area contributed by atoms with Gasteiger partial charge in [-0.15, -0.1) is 12.4 Å². The second kappa shape index (κ2) is 8.87. The molecule has 0 spiro atoms. The van der Waals surface area contributed by atoms with Crippen LogP contribution in [0.25, 0.3) is 0 Å². The Kier molecular flexibility index (Phi) is 8.34. The van der Waals surface area contributed by atoms with Gasteiger partial charge in [0, 0.05) is 12.6 Å². The number of nitrogens with one attached hydrogen (secondary N) is 1. The van der Waals surface area contributed by atoms with Gasteiger partial charge in [0.2, 0.25) is 5.91 Å². The summed E-state index contributed by atoms with van der Waals surface area (Å²) in [4.78, 5) is 11.7. The van der Waals surface area contributed by atoms with Gasteiger partial charge in [0.25, 0.3) is 0 Å². The number of nitrogens with two attached hydrogens (primary N) is 1. The maximum atomic E-state index is 12.9. The van der Waals surface area contributed by atoms with E-state index in [1.165, 1.54) is 12.1 Å². The lowest BCUT2D eigenvalue weighted by Crippen LogP contribution is -2.45. The minimum atomic E-state index is -0.613. The number of carbonyl (C=O) groups excluding carboxylic acids is 1. The molecule has 114 valence electrons. The quantitative estimate of drug-likeness (QED) is 0.848. The van der Waals surface area contributed by atoms with Crippen LogP contribution in [0, 0.1) is 17.6 Å². The molecule has 20 heavy (non-hydrogen) atoms. The molecule has 6 heteroatoms. The van der Waals surface area contributed by atoms with Crippen molar-refractivity contribution in [2.45, 2.75) is 32.7 Å². The molecule has 1 amide bonds. The Morgan fingerprint density at radius 3 is 2.35 bits per heavy atom. The second-order valence-electron chi connectivity index (χ2n) is 4.73. The molecule has 0 radical (unpaired) electrons. The van der Waals surface area contributed by atoms with Gasteiger partial charge in [-0.3, -0.25) is 4.79 Å². The first-order valence-electron chi connectivity index (χ1n) is 6.42. The molecular weight excluding hydrogens is 286 g/mol. The summed E-state index contributed by atoms with van der Waals surface area (Å²) in [5.41, 5.74) is 6.28. The van der Waals surface area contributed by atoms with Crippen LogP contribution in [0.4, 0.5) is 8.78 Å². The molecule has 0 aromatic heterocycles. The molecule has 2 atom stereocenters. The van der Waals surface area contributed by atoms with E-state index in [9.17, 15) is 13.6 Å². The van der Waals surface area contributed by atoms with Gasteiger partial charge in [-0.25, -0.2) is 8.78 Å². The van der Waals surface area contributed by atoms with E-state index in [1.54, 1.807) is 0 Å². The molecule has 1 aromatic rings. The molecule has 3 N–H and O–H groups in total. The average molecular weight is 307 g/mol. The van der Waals surface area contributed by atoms with Crippen molar-refractivity contribution in [1.82, 2.24) is 5.32 Å². The second-order valence-corrected chi connectivity index (χ2v) is 4.73. The third-order valence-corrected chi connectivity index (χ3v) is 3.19. The monoisotopic (exact) mass is 306 g/mol. The maximum Gasteiger partial charge on any atom is 0.237 e. The van der Waals surface area contributed by atoms with Crippen molar-refractivity contribution in [2.24, 2.45) is 11.7 Å². The van der Waals surface area contributed by atoms with Gasteiger partial charge in [0.15, 0.2) is 0 Å². The van der Waals surface area contributed by atoms with Crippen molar-refractivity contribution < 1.29 is 13.6 Å². The first kappa shape index (κ1) is 18.8. The highest BCUT2D eigenvalue weighted by atomic mass is 35.5. The van der Waals surface area contributed by atoms with Crippen molar-refractivity contribution in [3.63, 3.8) is 0 Å². The smallest absolute Gasteiger partial charge is 0.237 e. The van der Waals surface area contributed by atoms with E-state index < -0.39 is 17.7 Å². The Balaban J connectivity index is 0.00000361. The van der Waals surface area contributed by atoms with E-state index in [2.05, 4.69) is 5.32 Å². The van der Waals surface area contributed by atoms with Gasteiger partial charge < -0.3 is 11.1 Å². The summed E-state index contributed by atoms with van der Waals surface area (Å²) in [5, 5.41) is 2.68. The fraction of sp³-hybridized carbons (Fsp3) is 0.500. The van der Waals surface area contributed by atoms with E-state index in [-0.39, 0.29) is 24.2 Å². The first-order chi connectivity index (χ1) is 8.93. The first-order valence-corrected chi connectivity index (χ1v) is 6.42. The maximum absolute atomic E-state index is 12.9. The summed E-state index contributed by atoms with van der Waals surface area (Å²) in [6, 6.07) is 2.78. The van der Waals surface area contributed by atoms with Crippen LogP contribution in [-0.4, -0.2) is 18.5 Å². The highest BCUT2D eigenvalue weighted by molar-refractivity contribution is 5.85. The molecule has 0 bridgehead atoms. The average Bonchev–Trinajstić information content (AvgIpc) is 2.35. The van der Waals surface area contributed by atoms with Gasteiger partial charge >= 0.3 is 0 Å². The number of hydrogen-bond donors (Lipinski definition) is 2. The van der Waals surface area contributed by atoms with Crippen molar-refractivity contribution in [3.8, 4) is 0 Å². The summed E-state index contributed by atoms with van der Waals surface area (Å²) in [6.45, 7) is 4.19. The molecule has 1 aromatic carbocycles. The Bertz CT molecular complexity index is 423. The van der Waals surface area contributed by atoms with Crippen LogP contribution in [0.1, 0.15) is 25.8 Å². The van der Waals surface area contributed by atoms with Crippen LogP contribution in [-0.2, 0) is 11.2 Å². The number of halogens is 3. The highest BCUT2D eigenvalue weighted by Crippen LogP contribution is 2.08. The predicted molar refractivity (Wildman–Crippen MR) is 77.8 cm³/mol. The van der Waals surface area contributed by atoms with Crippen LogP contribution in [0.3, 0.4) is 0 Å². The van der Waals surface area contributed by atoms with Crippen molar-refractivity contribution in [3.05, 3.63) is 35.4 Å². The summed E-state index contributed by atoms with van der Waals surface area (Å²) in [7, 11) is 0. The number of benzene rings is 1. The van der Waals surface area contributed by atoms with Crippen molar-refractivity contribution in [1.29, 1.82) is 0 Å². The van der Waals surface area contributed by atoms with Crippen LogP contribution in [0.15, 0.2) is 18.2 Å². The molecule has 0 fully saturated rings. The topological polar surface area (TPSA) is 55.1 Å². The number of carbonyl (C=O) groups is 1. The molecule has 0 aliphatic carbocycles.